The molecule has 0 saturated carbocycles. The molecule has 0 heterocycles. The Hall–Kier alpha value is -1.62. The fourth-order valence-electron chi connectivity index (χ4n) is 1.15. The molecule has 0 aliphatic rings. The van der Waals surface area contributed by atoms with Crippen molar-refractivity contribution < 1.29 is 4.92 Å². The highest BCUT2D eigenvalue weighted by molar-refractivity contribution is 5.18. The van der Waals surface area contributed by atoms with Gasteiger partial charge < -0.3 is 11.1 Å². The third kappa shape index (κ3) is 5.14. The first-order chi connectivity index (χ1) is 8.24. The third-order valence-corrected chi connectivity index (χ3v) is 2.81. The summed E-state index contributed by atoms with van der Waals surface area (Å²) in [6.07, 6.45) is 3.03. The van der Waals surface area contributed by atoms with E-state index >= 15 is 0 Å². The molecule has 0 aliphatic heterocycles. The standard InChI is InChI=1S/C13H23N3O2/c1-6-12(16(17)18)7-10(2)8-15-11(3)13(4,5)9-14/h6-7,15H,3,8-9,14H2,1-2,4-5H3/b10-7-,12-6+. The van der Waals surface area contributed by atoms with E-state index in [4.69, 9.17) is 5.73 Å². The Morgan fingerprint density at radius 3 is 2.50 bits per heavy atom. The molecule has 0 aromatic carbocycles. The van der Waals surface area contributed by atoms with Crippen LogP contribution in [-0.2, 0) is 0 Å². The highest BCUT2D eigenvalue weighted by Crippen LogP contribution is 2.20. The van der Waals surface area contributed by atoms with Crippen LogP contribution in [0.25, 0.3) is 0 Å². The molecule has 0 unspecified atom stereocenters. The van der Waals surface area contributed by atoms with Gasteiger partial charge in [0.05, 0.1) is 4.92 Å². The van der Waals surface area contributed by atoms with Gasteiger partial charge in [0.2, 0.25) is 0 Å². The van der Waals surface area contributed by atoms with Crippen LogP contribution >= 0.6 is 0 Å². The number of nitro groups is 1. The summed E-state index contributed by atoms with van der Waals surface area (Å²) in [7, 11) is 0. The van der Waals surface area contributed by atoms with Crippen LogP contribution in [0, 0.1) is 15.5 Å². The topological polar surface area (TPSA) is 81.2 Å². The summed E-state index contributed by atoms with van der Waals surface area (Å²) in [5.41, 5.74) is 7.25. The van der Waals surface area contributed by atoms with Crippen LogP contribution in [0.2, 0.25) is 0 Å². The first kappa shape index (κ1) is 16.4. The Bertz CT molecular complexity index is 382. The molecule has 0 bridgehead atoms. The lowest BCUT2D eigenvalue weighted by atomic mass is 9.90. The molecule has 102 valence electrons. The third-order valence-electron chi connectivity index (χ3n) is 2.81. The minimum atomic E-state index is -0.401. The normalized spacial score (nSPS) is 13.4. The maximum atomic E-state index is 10.6. The maximum absolute atomic E-state index is 10.6. The second kappa shape index (κ2) is 6.96. The van der Waals surface area contributed by atoms with E-state index in [1.165, 1.54) is 6.08 Å². The van der Waals surface area contributed by atoms with Crippen molar-refractivity contribution in [2.24, 2.45) is 11.1 Å². The molecule has 0 aromatic heterocycles. The maximum Gasteiger partial charge on any atom is 0.265 e. The number of hydrogen-bond donors (Lipinski definition) is 2. The van der Waals surface area contributed by atoms with Gasteiger partial charge >= 0.3 is 0 Å². The Morgan fingerprint density at radius 2 is 2.11 bits per heavy atom. The SMILES string of the molecule is C=C(NC/C(C)=C\C(=C/C)[N+](=O)[O-])C(C)(C)CN. The average molecular weight is 253 g/mol. The summed E-state index contributed by atoms with van der Waals surface area (Å²) in [6, 6.07) is 0. The van der Waals surface area contributed by atoms with E-state index in [1.807, 2.05) is 20.8 Å². The Kier molecular flexibility index (Phi) is 6.33. The second-order valence-corrected chi connectivity index (χ2v) is 4.88. The molecule has 3 N–H and O–H groups in total. The van der Waals surface area contributed by atoms with Crippen LogP contribution in [0.5, 0.6) is 0 Å². The Morgan fingerprint density at radius 1 is 1.56 bits per heavy atom. The van der Waals surface area contributed by atoms with E-state index in [1.54, 1.807) is 13.0 Å². The molecule has 0 rings (SSSR count). The highest BCUT2D eigenvalue weighted by Gasteiger charge is 2.19. The zero-order chi connectivity index (χ0) is 14.3. The summed E-state index contributed by atoms with van der Waals surface area (Å²) in [6.45, 7) is 12.4. The van der Waals surface area contributed by atoms with Gasteiger partial charge in [0.25, 0.3) is 5.70 Å². The zero-order valence-corrected chi connectivity index (χ0v) is 11.6. The van der Waals surface area contributed by atoms with Crippen molar-refractivity contribution in [3.63, 3.8) is 0 Å². The minimum Gasteiger partial charge on any atom is -0.385 e. The number of nitrogens with one attached hydrogen (secondary N) is 1. The summed E-state index contributed by atoms with van der Waals surface area (Å²) in [5.74, 6) is 0. The molecule has 0 amide bonds. The fourth-order valence-corrected chi connectivity index (χ4v) is 1.15. The number of allylic oxidation sites excluding steroid dienone is 2. The Labute approximate surface area is 109 Å². The van der Waals surface area contributed by atoms with Gasteiger partial charge in [-0.3, -0.25) is 10.1 Å². The molecule has 5 heteroatoms. The van der Waals surface area contributed by atoms with Crippen molar-refractivity contribution in [3.8, 4) is 0 Å². The van der Waals surface area contributed by atoms with E-state index < -0.39 is 4.92 Å². The van der Waals surface area contributed by atoms with Crippen molar-refractivity contribution in [2.45, 2.75) is 27.7 Å². The number of nitrogens with two attached hydrogens (primary N) is 1. The van der Waals surface area contributed by atoms with Gasteiger partial charge in [0.1, 0.15) is 0 Å². The molecule has 0 spiro atoms. The monoisotopic (exact) mass is 253 g/mol. The molecule has 18 heavy (non-hydrogen) atoms. The van der Waals surface area contributed by atoms with Gasteiger partial charge in [-0.15, -0.1) is 0 Å². The molecular formula is C13H23N3O2. The summed E-state index contributed by atoms with van der Waals surface area (Å²) >= 11 is 0. The van der Waals surface area contributed by atoms with Gasteiger partial charge in [-0.1, -0.05) is 20.4 Å². The lowest BCUT2D eigenvalue weighted by Crippen LogP contribution is -2.33. The van der Waals surface area contributed by atoms with Crippen molar-refractivity contribution in [3.05, 3.63) is 45.8 Å². The molecule has 0 aliphatic carbocycles. The molecule has 0 fully saturated rings. The van der Waals surface area contributed by atoms with Crippen LogP contribution in [0.3, 0.4) is 0 Å². The fraction of sp³-hybridized carbons (Fsp3) is 0.538. The first-order valence-corrected chi connectivity index (χ1v) is 5.85. The van der Waals surface area contributed by atoms with Crippen LogP contribution in [0.4, 0.5) is 0 Å². The van der Waals surface area contributed by atoms with Crippen molar-refractivity contribution in [1.29, 1.82) is 0 Å². The summed E-state index contributed by atoms with van der Waals surface area (Å²) in [4.78, 5) is 10.2. The molecular weight excluding hydrogens is 230 g/mol. The van der Waals surface area contributed by atoms with Crippen molar-refractivity contribution in [1.82, 2.24) is 5.32 Å². The van der Waals surface area contributed by atoms with Crippen LogP contribution in [0.1, 0.15) is 27.7 Å². The molecule has 5 nitrogen and oxygen atoms in total. The quantitative estimate of drug-likeness (QED) is 0.414. The van der Waals surface area contributed by atoms with Crippen LogP contribution in [0.15, 0.2) is 35.7 Å². The minimum absolute atomic E-state index is 0.0954. The van der Waals surface area contributed by atoms with Gasteiger partial charge in [-0.05, 0) is 25.5 Å². The largest absolute Gasteiger partial charge is 0.385 e. The predicted octanol–water partition coefficient (Wildman–Crippen LogP) is 2.20. The van der Waals surface area contributed by atoms with E-state index in [2.05, 4.69) is 11.9 Å². The van der Waals surface area contributed by atoms with Gasteiger partial charge in [-0.25, -0.2) is 0 Å². The van der Waals surface area contributed by atoms with Crippen molar-refractivity contribution >= 4 is 0 Å². The molecule has 0 aromatic rings. The van der Waals surface area contributed by atoms with Crippen LogP contribution in [-0.4, -0.2) is 18.0 Å². The summed E-state index contributed by atoms with van der Waals surface area (Å²) in [5, 5.41) is 13.8. The molecule has 0 atom stereocenters. The van der Waals surface area contributed by atoms with Crippen LogP contribution < -0.4 is 11.1 Å². The zero-order valence-electron chi connectivity index (χ0n) is 11.6. The van der Waals surface area contributed by atoms with Gasteiger partial charge in [0, 0.05) is 30.3 Å². The number of hydrogen-bond acceptors (Lipinski definition) is 4. The van der Waals surface area contributed by atoms with Gasteiger partial charge in [-0.2, -0.15) is 0 Å². The predicted molar refractivity (Wildman–Crippen MR) is 74.5 cm³/mol. The highest BCUT2D eigenvalue weighted by atomic mass is 16.6. The summed E-state index contributed by atoms with van der Waals surface area (Å²) < 4.78 is 0. The molecule has 0 radical (unpaired) electrons. The first-order valence-electron chi connectivity index (χ1n) is 5.85. The number of rotatable bonds is 7. The van der Waals surface area contributed by atoms with E-state index in [0.29, 0.717) is 13.1 Å². The number of nitrogens with zero attached hydrogens (tertiary/aromatic N) is 1. The van der Waals surface area contributed by atoms with Gasteiger partial charge in [0.15, 0.2) is 0 Å². The Balaban J connectivity index is 4.52. The smallest absolute Gasteiger partial charge is 0.265 e. The lowest BCUT2D eigenvalue weighted by Gasteiger charge is -2.26. The van der Waals surface area contributed by atoms with E-state index in [9.17, 15) is 10.1 Å². The average Bonchev–Trinajstić information content (AvgIpc) is 2.32. The second-order valence-electron chi connectivity index (χ2n) is 4.88. The van der Waals surface area contributed by atoms with Crippen molar-refractivity contribution in [2.75, 3.05) is 13.1 Å². The molecule has 0 saturated heterocycles. The van der Waals surface area contributed by atoms with E-state index in [0.717, 1.165) is 11.3 Å². The van der Waals surface area contributed by atoms with E-state index in [-0.39, 0.29) is 11.1 Å². The lowest BCUT2D eigenvalue weighted by molar-refractivity contribution is -0.419.